The highest BCUT2D eigenvalue weighted by atomic mass is 32.2. The third kappa shape index (κ3) is 4.67. The van der Waals surface area contributed by atoms with Crippen molar-refractivity contribution in [3.63, 3.8) is 0 Å². The Morgan fingerprint density at radius 1 is 0.941 bits per heavy atom. The van der Waals surface area contributed by atoms with E-state index in [2.05, 4.69) is 15.0 Å². The minimum Gasteiger partial charge on any atom is -0.322 e. The number of anilines is 2. The van der Waals surface area contributed by atoms with Crippen molar-refractivity contribution in [1.29, 1.82) is 0 Å². The number of rotatable bonds is 6. The van der Waals surface area contributed by atoms with Crippen LogP contribution in [0.3, 0.4) is 0 Å². The Kier molecular flexibility index (Phi) is 6.16. The van der Waals surface area contributed by atoms with E-state index in [1.165, 1.54) is 24.3 Å². The van der Waals surface area contributed by atoms with Crippen LogP contribution in [0.25, 0.3) is 5.69 Å². The predicted octanol–water partition coefficient (Wildman–Crippen LogP) is 4.82. The summed E-state index contributed by atoms with van der Waals surface area (Å²) < 4.78 is 55.6. The van der Waals surface area contributed by atoms with Crippen molar-refractivity contribution in [2.75, 3.05) is 10.0 Å². The van der Waals surface area contributed by atoms with E-state index in [-0.39, 0.29) is 11.6 Å². The molecule has 0 spiro atoms. The maximum Gasteiger partial charge on any atom is 0.261 e. The number of carbonyl (C=O) groups is 1. The number of carbonyl (C=O) groups excluding carboxylic acids is 1. The molecule has 174 valence electrons. The van der Waals surface area contributed by atoms with Gasteiger partial charge in [-0.15, -0.1) is 0 Å². The first-order chi connectivity index (χ1) is 16.2. The minimum atomic E-state index is -4.12. The first-order valence-corrected chi connectivity index (χ1v) is 11.6. The maximum atomic E-state index is 13.4. The fraction of sp³-hybridized carbons (Fsp3) is 0.0833. The van der Waals surface area contributed by atoms with Crippen molar-refractivity contribution in [3.8, 4) is 5.69 Å². The summed E-state index contributed by atoms with van der Waals surface area (Å²) in [6.45, 7) is 3.73. The van der Waals surface area contributed by atoms with Crippen LogP contribution < -0.4 is 10.0 Å². The Labute approximate surface area is 195 Å². The number of sulfonamides is 1. The molecule has 0 saturated carbocycles. The second-order valence-electron chi connectivity index (χ2n) is 7.54. The van der Waals surface area contributed by atoms with Gasteiger partial charge in [-0.2, -0.15) is 0 Å². The molecule has 1 amide bonds. The zero-order valence-electron chi connectivity index (χ0n) is 18.2. The number of amides is 1. The Bertz CT molecular complexity index is 1470. The highest BCUT2D eigenvalue weighted by Crippen LogP contribution is 2.23. The monoisotopic (exact) mass is 482 g/mol. The summed E-state index contributed by atoms with van der Waals surface area (Å²) in [5, 5.41) is 2.79. The van der Waals surface area contributed by atoms with E-state index in [1.54, 1.807) is 18.5 Å². The fourth-order valence-corrected chi connectivity index (χ4v) is 4.62. The molecular formula is C24H20F2N4O3S. The lowest BCUT2D eigenvalue weighted by Gasteiger charge is -2.11. The van der Waals surface area contributed by atoms with Crippen molar-refractivity contribution in [2.45, 2.75) is 18.7 Å². The molecule has 0 unspecified atom stereocenters. The molecule has 0 aliphatic carbocycles. The van der Waals surface area contributed by atoms with Crippen molar-refractivity contribution in [1.82, 2.24) is 9.55 Å². The van der Waals surface area contributed by atoms with E-state index in [0.29, 0.717) is 17.3 Å². The number of aryl methyl sites for hydroxylation is 1. The Hall–Kier alpha value is -4.05. The van der Waals surface area contributed by atoms with E-state index in [0.717, 1.165) is 29.2 Å². The van der Waals surface area contributed by atoms with Gasteiger partial charge >= 0.3 is 0 Å². The van der Waals surface area contributed by atoms with E-state index in [1.807, 2.05) is 30.5 Å². The molecule has 0 radical (unpaired) electrons. The molecule has 2 aromatic carbocycles. The van der Waals surface area contributed by atoms with E-state index in [4.69, 9.17) is 0 Å². The lowest BCUT2D eigenvalue weighted by molar-refractivity contribution is 0.102. The van der Waals surface area contributed by atoms with Gasteiger partial charge in [0, 0.05) is 29.0 Å². The highest BCUT2D eigenvalue weighted by molar-refractivity contribution is 7.92. The summed E-state index contributed by atoms with van der Waals surface area (Å²) in [5.74, 6) is -2.72. The number of benzene rings is 2. The summed E-state index contributed by atoms with van der Waals surface area (Å²) in [6.07, 6.45) is 3.38. The number of nitrogens with zero attached hydrogens (tertiary/aromatic N) is 2. The molecule has 2 aromatic heterocycles. The van der Waals surface area contributed by atoms with Crippen LogP contribution in [0.2, 0.25) is 0 Å². The van der Waals surface area contributed by atoms with Crippen LogP contribution >= 0.6 is 0 Å². The van der Waals surface area contributed by atoms with Gasteiger partial charge in [0.15, 0.2) is 11.6 Å². The maximum absolute atomic E-state index is 13.4. The highest BCUT2D eigenvalue weighted by Gasteiger charge is 2.18. The summed E-state index contributed by atoms with van der Waals surface area (Å²) in [6, 6.07) is 13.8. The zero-order chi connectivity index (χ0) is 24.5. The lowest BCUT2D eigenvalue weighted by atomic mass is 10.2. The summed E-state index contributed by atoms with van der Waals surface area (Å²) in [7, 11) is -4.12. The molecule has 0 bridgehead atoms. The van der Waals surface area contributed by atoms with Gasteiger partial charge in [0.1, 0.15) is 0 Å². The molecule has 7 nitrogen and oxygen atoms in total. The van der Waals surface area contributed by atoms with Gasteiger partial charge in [-0.05, 0) is 74.5 Å². The Morgan fingerprint density at radius 3 is 2.29 bits per heavy atom. The largest absolute Gasteiger partial charge is 0.322 e. The average Bonchev–Trinajstić information content (AvgIpc) is 3.11. The minimum absolute atomic E-state index is 0.192. The number of pyridine rings is 1. The van der Waals surface area contributed by atoms with E-state index in [9.17, 15) is 22.0 Å². The van der Waals surface area contributed by atoms with Crippen LogP contribution in [0.4, 0.5) is 20.2 Å². The van der Waals surface area contributed by atoms with Gasteiger partial charge in [0.2, 0.25) is 0 Å². The summed E-state index contributed by atoms with van der Waals surface area (Å²) in [5.41, 5.74) is 3.60. The Morgan fingerprint density at radius 2 is 1.65 bits per heavy atom. The summed E-state index contributed by atoms with van der Waals surface area (Å²) >= 11 is 0. The van der Waals surface area contributed by atoms with Crippen LogP contribution in [0.5, 0.6) is 0 Å². The second-order valence-corrected chi connectivity index (χ2v) is 9.23. The molecule has 4 aromatic rings. The third-order valence-electron chi connectivity index (χ3n) is 5.18. The van der Waals surface area contributed by atoms with Crippen molar-refractivity contribution in [3.05, 3.63) is 102 Å². The SMILES string of the molecule is Cc1cc(C(=O)Nc2ccc(NS(=O)(=O)c3ccc(F)c(F)c3)cc2)c(C)n1-c1cccnc1. The van der Waals surface area contributed by atoms with Crippen LogP contribution in [-0.2, 0) is 10.0 Å². The van der Waals surface area contributed by atoms with Crippen molar-refractivity contribution < 1.29 is 22.0 Å². The van der Waals surface area contributed by atoms with Gasteiger partial charge in [-0.3, -0.25) is 14.5 Å². The fourth-order valence-electron chi connectivity index (χ4n) is 3.55. The third-order valence-corrected chi connectivity index (χ3v) is 6.56. The number of hydrogen-bond donors (Lipinski definition) is 2. The number of aromatic nitrogens is 2. The molecule has 0 fully saturated rings. The number of nitrogens with one attached hydrogen (secondary N) is 2. The first-order valence-electron chi connectivity index (χ1n) is 10.1. The van der Waals surface area contributed by atoms with Gasteiger partial charge in [0.05, 0.1) is 22.3 Å². The molecule has 0 saturated heterocycles. The van der Waals surface area contributed by atoms with Crippen LogP contribution in [0.1, 0.15) is 21.7 Å². The molecule has 0 aliphatic heterocycles. The van der Waals surface area contributed by atoms with Gasteiger partial charge in [0.25, 0.3) is 15.9 Å². The quantitative estimate of drug-likeness (QED) is 0.412. The molecule has 34 heavy (non-hydrogen) atoms. The normalized spacial score (nSPS) is 11.3. The first kappa shape index (κ1) is 23.1. The number of hydrogen-bond acceptors (Lipinski definition) is 4. The molecule has 4 rings (SSSR count). The van der Waals surface area contributed by atoms with Crippen LogP contribution in [-0.4, -0.2) is 23.9 Å². The van der Waals surface area contributed by atoms with Gasteiger partial charge < -0.3 is 9.88 Å². The molecule has 0 atom stereocenters. The van der Waals surface area contributed by atoms with Crippen molar-refractivity contribution >= 4 is 27.3 Å². The summed E-state index contributed by atoms with van der Waals surface area (Å²) in [4.78, 5) is 16.6. The average molecular weight is 483 g/mol. The molecule has 10 heteroatoms. The smallest absolute Gasteiger partial charge is 0.261 e. The molecular weight excluding hydrogens is 462 g/mol. The van der Waals surface area contributed by atoms with Gasteiger partial charge in [-0.1, -0.05) is 0 Å². The molecule has 0 aliphatic rings. The van der Waals surface area contributed by atoms with E-state index >= 15 is 0 Å². The van der Waals surface area contributed by atoms with E-state index < -0.39 is 26.6 Å². The standard InChI is InChI=1S/C24H20F2N4O3S/c1-15-12-21(16(2)30(15)19-4-3-11-27-14-19)24(31)28-17-5-7-18(8-6-17)29-34(32,33)20-9-10-22(25)23(26)13-20/h3-14,29H,1-2H3,(H,28,31). The predicted molar refractivity (Wildman–Crippen MR) is 125 cm³/mol. The topological polar surface area (TPSA) is 93.1 Å². The van der Waals surface area contributed by atoms with Crippen molar-refractivity contribution in [2.24, 2.45) is 0 Å². The molecule has 2 heterocycles. The van der Waals surface area contributed by atoms with Crippen LogP contribution in [0.15, 0.2) is 78.0 Å². The number of halogens is 2. The van der Waals surface area contributed by atoms with Crippen LogP contribution in [0, 0.1) is 25.5 Å². The molecule has 2 N–H and O–H groups in total. The Balaban J connectivity index is 1.49. The van der Waals surface area contributed by atoms with Gasteiger partial charge in [-0.25, -0.2) is 17.2 Å². The zero-order valence-corrected chi connectivity index (χ0v) is 19.0. The second kappa shape index (κ2) is 9.06. The lowest BCUT2D eigenvalue weighted by Crippen LogP contribution is -2.14.